The molecule has 0 aliphatic carbocycles. The van der Waals surface area contributed by atoms with Crippen LogP contribution in [-0.4, -0.2) is 37.7 Å². The second kappa shape index (κ2) is 7.94. The molecule has 12 heteroatoms. The lowest BCUT2D eigenvalue weighted by Crippen LogP contribution is -2.18. The minimum Gasteiger partial charge on any atom is -0.392 e. The molecule has 0 saturated carbocycles. The summed E-state index contributed by atoms with van der Waals surface area (Å²) < 4.78 is 80.5. The first-order chi connectivity index (χ1) is 14.0. The molecule has 0 saturated heterocycles. The van der Waals surface area contributed by atoms with E-state index in [-0.39, 0.29) is 29.8 Å². The molecule has 3 aromatic rings. The molecule has 0 bridgehead atoms. The Labute approximate surface area is 166 Å². The lowest BCUT2D eigenvalue weighted by atomic mass is 10.00. The van der Waals surface area contributed by atoms with Gasteiger partial charge >= 0.3 is 12.4 Å². The maximum atomic E-state index is 13.5. The van der Waals surface area contributed by atoms with Gasteiger partial charge in [0.15, 0.2) is 5.82 Å². The van der Waals surface area contributed by atoms with Crippen molar-refractivity contribution in [2.75, 3.05) is 11.9 Å². The van der Waals surface area contributed by atoms with Crippen LogP contribution in [0.25, 0.3) is 16.9 Å². The van der Waals surface area contributed by atoms with Gasteiger partial charge in [-0.2, -0.15) is 31.4 Å². The molecule has 2 aromatic heterocycles. The Bertz CT molecular complexity index is 1010. The maximum absolute atomic E-state index is 13.5. The molecule has 0 amide bonds. The van der Waals surface area contributed by atoms with Gasteiger partial charge in [0.2, 0.25) is 0 Å². The zero-order valence-electron chi connectivity index (χ0n) is 15.3. The average Bonchev–Trinajstić information content (AvgIpc) is 3.19. The van der Waals surface area contributed by atoms with Gasteiger partial charge in [-0.25, -0.2) is 4.68 Å². The number of alkyl halides is 6. The molecule has 2 heterocycles. The molecule has 0 unspecified atom stereocenters. The lowest BCUT2D eigenvalue weighted by Gasteiger charge is -2.17. The van der Waals surface area contributed by atoms with E-state index in [0.29, 0.717) is 12.1 Å². The lowest BCUT2D eigenvalue weighted by molar-refractivity contribution is -0.142. The van der Waals surface area contributed by atoms with Crippen molar-refractivity contribution >= 4 is 5.82 Å². The molecule has 6 nitrogen and oxygen atoms in total. The van der Waals surface area contributed by atoms with Crippen molar-refractivity contribution in [3.8, 4) is 16.9 Å². The summed E-state index contributed by atoms with van der Waals surface area (Å²) in [6, 6.07) is 4.11. The molecule has 0 spiro atoms. The molecule has 2 N–H and O–H groups in total. The first-order valence-electron chi connectivity index (χ1n) is 8.55. The van der Waals surface area contributed by atoms with Crippen molar-refractivity contribution in [2.24, 2.45) is 0 Å². The monoisotopic (exact) mass is 431 g/mol. The van der Waals surface area contributed by atoms with Crippen LogP contribution in [0.2, 0.25) is 0 Å². The van der Waals surface area contributed by atoms with E-state index < -0.39 is 35.1 Å². The molecule has 0 aliphatic rings. The minimum absolute atomic E-state index is 0.0458. The Morgan fingerprint density at radius 2 is 1.80 bits per heavy atom. The van der Waals surface area contributed by atoms with Gasteiger partial charge in [0, 0.05) is 24.5 Å². The van der Waals surface area contributed by atoms with Crippen LogP contribution >= 0.6 is 0 Å². The van der Waals surface area contributed by atoms with Crippen molar-refractivity contribution in [1.82, 2.24) is 20.0 Å². The number of halogens is 6. The molecular weight excluding hydrogens is 416 g/mol. The van der Waals surface area contributed by atoms with Gasteiger partial charge in [-0.3, -0.25) is 0 Å². The smallest absolute Gasteiger partial charge is 0.392 e. The van der Waals surface area contributed by atoms with Crippen LogP contribution in [0.1, 0.15) is 18.1 Å². The van der Waals surface area contributed by atoms with E-state index in [1.54, 1.807) is 6.07 Å². The summed E-state index contributed by atoms with van der Waals surface area (Å²) in [5.74, 6) is 0.129. The average molecular weight is 431 g/mol. The predicted molar refractivity (Wildman–Crippen MR) is 94.8 cm³/mol. The van der Waals surface area contributed by atoms with Crippen LogP contribution in [0.4, 0.5) is 32.2 Å². The third-order valence-electron chi connectivity index (χ3n) is 4.02. The number of hydrogen-bond acceptors (Lipinski definition) is 5. The SMILES string of the molecule is C[C@@H](O)CNc1nnc(-c2ccc(C(F)(F)F)cc2C(F)(F)F)cc1-n1cccn1. The molecular formula is C18H15F6N5O. The fourth-order valence-corrected chi connectivity index (χ4v) is 2.65. The van der Waals surface area contributed by atoms with E-state index >= 15 is 0 Å². The Morgan fingerprint density at radius 1 is 1.07 bits per heavy atom. The highest BCUT2D eigenvalue weighted by Crippen LogP contribution is 2.40. The molecule has 3 rings (SSSR count). The number of nitrogens with zero attached hydrogens (tertiary/aromatic N) is 4. The third kappa shape index (κ3) is 4.70. The summed E-state index contributed by atoms with van der Waals surface area (Å²) in [6.07, 6.45) is -7.79. The van der Waals surface area contributed by atoms with Gasteiger partial charge in [0.05, 0.1) is 22.9 Å². The zero-order chi connectivity index (χ0) is 22.1. The summed E-state index contributed by atoms with van der Waals surface area (Å²) in [7, 11) is 0. The molecule has 160 valence electrons. The van der Waals surface area contributed by atoms with Crippen LogP contribution < -0.4 is 5.32 Å². The van der Waals surface area contributed by atoms with Crippen molar-refractivity contribution in [2.45, 2.75) is 25.4 Å². The van der Waals surface area contributed by atoms with Crippen molar-refractivity contribution < 1.29 is 31.4 Å². The molecule has 0 aliphatic heterocycles. The van der Waals surface area contributed by atoms with Crippen LogP contribution in [0.3, 0.4) is 0 Å². The van der Waals surface area contributed by atoms with E-state index in [1.165, 1.54) is 30.1 Å². The first kappa shape index (κ1) is 21.6. The van der Waals surface area contributed by atoms with E-state index in [4.69, 9.17) is 0 Å². The summed E-state index contributed by atoms with van der Waals surface area (Å²) >= 11 is 0. The van der Waals surface area contributed by atoms with Crippen LogP contribution in [0.15, 0.2) is 42.7 Å². The summed E-state index contributed by atoms with van der Waals surface area (Å²) in [4.78, 5) is 0. The number of aliphatic hydroxyl groups is 1. The third-order valence-corrected chi connectivity index (χ3v) is 4.02. The molecule has 0 radical (unpaired) electrons. The maximum Gasteiger partial charge on any atom is 0.417 e. The van der Waals surface area contributed by atoms with E-state index in [1.807, 2.05) is 0 Å². The number of aliphatic hydroxyl groups excluding tert-OH is 1. The molecule has 1 atom stereocenters. The number of benzene rings is 1. The zero-order valence-corrected chi connectivity index (χ0v) is 15.3. The highest BCUT2D eigenvalue weighted by molar-refractivity contribution is 5.70. The predicted octanol–water partition coefficient (Wildman–Crippen LogP) is 4.16. The molecule has 1 aromatic carbocycles. The highest BCUT2D eigenvalue weighted by Gasteiger charge is 2.38. The molecule has 30 heavy (non-hydrogen) atoms. The number of anilines is 1. The first-order valence-corrected chi connectivity index (χ1v) is 8.55. The quantitative estimate of drug-likeness (QED) is 0.594. The summed E-state index contributed by atoms with van der Waals surface area (Å²) in [6.45, 7) is 1.59. The van der Waals surface area contributed by atoms with Crippen molar-refractivity contribution in [3.05, 3.63) is 53.9 Å². The summed E-state index contributed by atoms with van der Waals surface area (Å²) in [5.41, 5.74) is -3.54. The van der Waals surface area contributed by atoms with Gasteiger partial charge in [-0.1, -0.05) is 6.07 Å². The molecule has 0 fully saturated rings. The van der Waals surface area contributed by atoms with Crippen LogP contribution in [-0.2, 0) is 12.4 Å². The second-order valence-electron chi connectivity index (χ2n) is 6.40. The van der Waals surface area contributed by atoms with Gasteiger partial charge in [0.25, 0.3) is 0 Å². The minimum atomic E-state index is -5.05. The fraction of sp³-hybridized carbons (Fsp3) is 0.278. The van der Waals surface area contributed by atoms with Gasteiger partial charge in [0.1, 0.15) is 5.69 Å². The normalized spacial score (nSPS) is 13.3. The van der Waals surface area contributed by atoms with E-state index in [2.05, 4.69) is 20.6 Å². The Kier molecular flexibility index (Phi) is 5.70. The Morgan fingerprint density at radius 3 is 2.37 bits per heavy atom. The number of aromatic nitrogens is 4. The second-order valence-corrected chi connectivity index (χ2v) is 6.40. The standard InChI is InChI=1S/C18H15F6N5O/c1-10(30)9-25-16-15(29-6-2-5-26-29)8-14(27-28-16)12-4-3-11(17(19,20)21)7-13(12)18(22,23)24/h2-8,10,30H,9H2,1H3,(H,25,28)/t10-/m1/s1. The van der Waals surface area contributed by atoms with Crippen LogP contribution in [0, 0.1) is 0 Å². The number of nitrogens with one attached hydrogen (secondary N) is 1. The number of hydrogen-bond donors (Lipinski definition) is 2. The van der Waals surface area contributed by atoms with Crippen molar-refractivity contribution in [3.63, 3.8) is 0 Å². The largest absolute Gasteiger partial charge is 0.417 e. The Balaban J connectivity index is 2.15. The Hall–Kier alpha value is -3.15. The van der Waals surface area contributed by atoms with Gasteiger partial charge in [-0.05, 0) is 31.2 Å². The van der Waals surface area contributed by atoms with Gasteiger partial charge in [-0.15, -0.1) is 10.2 Å². The number of rotatable bonds is 5. The summed E-state index contributed by atoms with van der Waals surface area (Å²) in [5, 5.41) is 23.8. The van der Waals surface area contributed by atoms with Crippen LogP contribution in [0.5, 0.6) is 0 Å². The fourth-order valence-electron chi connectivity index (χ4n) is 2.65. The van der Waals surface area contributed by atoms with Crippen molar-refractivity contribution in [1.29, 1.82) is 0 Å². The highest BCUT2D eigenvalue weighted by atomic mass is 19.4. The van der Waals surface area contributed by atoms with Gasteiger partial charge < -0.3 is 10.4 Å². The van der Waals surface area contributed by atoms with E-state index in [9.17, 15) is 31.4 Å². The van der Waals surface area contributed by atoms with E-state index in [0.717, 1.165) is 0 Å². The topological polar surface area (TPSA) is 75.9 Å².